The minimum Gasteiger partial charge on any atom is -0.492 e. The number of aliphatic carboxylic acids is 1. The highest BCUT2D eigenvalue weighted by Gasteiger charge is 2.32. The van der Waals surface area contributed by atoms with E-state index in [-0.39, 0.29) is 13.0 Å². The maximum Gasteiger partial charge on any atom is 0.416 e. The fourth-order valence-corrected chi connectivity index (χ4v) is 3.59. The van der Waals surface area contributed by atoms with E-state index in [9.17, 15) is 18.0 Å². The van der Waals surface area contributed by atoms with Crippen LogP contribution in [-0.4, -0.2) is 22.7 Å². The van der Waals surface area contributed by atoms with Crippen molar-refractivity contribution in [2.24, 2.45) is 0 Å². The van der Waals surface area contributed by atoms with Gasteiger partial charge in [0.2, 0.25) is 5.89 Å². The summed E-state index contributed by atoms with van der Waals surface area (Å²) in [5, 5.41) is 9.09. The van der Waals surface area contributed by atoms with Gasteiger partial charge in [-0.1, -0.05) is 24.3 Å². The Morgan fingerprint density at radius 2 is 1.85 bits per heavy atom. The molecule has 33 heavy (non-hydrogen) atoms. The van der Waals surface area contributed by atoms with Crippen molar-refractivity contribution in [2.75, 3.05) is 6.61 Å². The average molecular weight is 459 g/mol. The molecule has 1 aliphatic rings. The van der Waals surface area contributed by atoms with E-state index in [0.717, 1.165) is 30.5 Å². The minimum absolute atomic E-state index is 0.0824. The Labute approximate surface area is 189 Å². The van der Waals surface area contributed by atoms with Gasteiger partial charge in [0.15, 0.2) is 0 Å². The SMILES string of the molecule is CC(C)(COc1cc(CC(=O)O)ccc1C1CC1)c1nc(-c2ccc(C(F)(F)F)cc2)co1. The van der Waals surface area contributed by atoms with Crippen molar-refractivity contribution in [3.05, 3.63) is 71.3 Å². The number of carboxylic acid groups (broad SMARTS) is 1. The van der Waals surface area contributed by atoms with Crippen molar-refractivity contribution in [1.82, 2.24) is 4.98 Å². The van der Waals surface area contributed by atoms with Crippen LogP contribution in [0, 0.1) is 0 Å². The van der Waals surface area contributed by atoms with Gasteiger partial charge in [0.05, 0.1) is 17.4 Å². The number of oxazole rings is 1. The molecule has 2 aromatic carbocycles. The third kappa shape index (κ3) is 5.38. The van der Waals surface area contributed by atoms with Crippen molar-refractivity contribution in [3.63, 3.8) is 0 Å². The molecule has 1 aliphatic carbocycles. The molecule has 1 fully saturated rings. The summed E-state index contributed by atoms with van der Waals surface area (Å²) in [6.45, 7) is 4.02. The lowest BCUT2D eigenvalue weighted by molar-refractivity contribution is -0.138. The van der Waals surface area contributed by atoms with Gasteiger partial charge in [0, 0.05) is 5.56 Å². The molecule has 1 N–H and O–H groups in total. The first-order valence-electron chi connectivity index (χ1n) is 10.6. The second-order valence-electron chi connectivity index (χ2n) is 9.00. The maximum absolute atomic E-state index is 12.8. The molecule has 5 nitrogen and oxygen atoms in total. The molecule has 0 aliphatic heterocycles. The summed E-state index contributed by atoms with van der Waals surface area (Å²) >= 11 is 0. The Morgan fingerprint density at radius 1 is 1.15 bits per heavy atom. The fraction of sp³-hybridized carbons (Fsp3) is 0.360. The molecule has 1 saturated carbocycles. The number of nitrogens with zero attached hydrogens (tertiary/aromatic N) is 1. The molecule has 1 heterocycles. The summed E-state index contributed by atoms with van der Waals surface area (Å²) in [6.07, 6.45) is -0.903. The zero-order valence-corrected chi connectivity index (χ0v) is 18.3. The Hall–Kier alpha value is -3.29. The summed E-state index contributed by atoms with van der Waals surface area (Å²) in [5.74, 6) is 0.580. The fourth-order valence-electron chi connectivity index (χ4n) is 3.59. The van der Waals surface area contributed by atoms with Crippen LogP contribution >= 0.6 is 0 Å². The molecule has 0 unspecified atom stereocenters. The zero-order chi connectivity index (χ0) is 23.8. The molecule has 0 radical (unpaired) electrons. The van der Waals surface area contributed by atoms with Gasteiger partial charge in [0.1, 0.15) is 24.3 Å². The lowest BCUT2D eigenvalue weighted by Crippen LogP contribution is -2.27. The summed E-state index contributed by atoms with van der Waals surface area (Å²) in [7, 11) is 0. The molecule has 0 amide bonds. The smallest absolute Gasteiger partial charge is 0.416 e. The monoisotopic (exact) mass is 459 g/mol. The first-order chi connectivity index (χ1) is 15.5. The molecule has 4 rings (SSSR count). The lowest BCUT2D eigenvalue weighted by Gasteiger charge is -2.22. The second-order valence-corrected chi connectivity index (χ2v) is 9.00. The molecular weight excluding hydrogens is 435 g/mol. The van der Waals surface area contributed by atoms with Crippen molar-refractivity contribution in [1.29, 1.82) is 0 Å². The maximum atomic E-state index is 12.8. The highest BCUT2D eigenvalue weighted by molar-refractivity contribution is 5.70. The first kappa shape index (κ1) is 22.9. The van der Waals surface area contributed by atoms with Crippen LogP contribution in [0.4, 0.5) is 13.2 Å². The van der Waals surface area contributed by atoms with E-state index >= 15 is 0 Å². The summed E-state index contributed by atoms with van der Waals surface area (Å²) in [5.41, 5.74) is 1.34. The van der Waals surface area contributed by atoms with Crippen LogP contribution in [0.5, 0.6) is 5.75 Å². The van der Waals surface area contributed by atoms with Crippen LogP contribution in [0.15, 0.2) is 53.1 Å². The topological polar surface area (TPSA) is 72.6 Å². The number of aromatic nitrogens is 1. The van der Waals surface area contributed by atoms with Gasteiger partial charge in [-0.15, -0.1) is 0 Å². The highest BCUT2D eigenvalue weighted by atomic mass is 19.4. The van der Waals surface area contributed by atoms with E-state index in [1.165, 1.54) is 18.4 Å². The number of hydrogen-bond donors (Lipinski definition) is 1. The van der Waals surface area contributed by atoms with Crippen LogP contribution in [0.3, 0.4) is 0 Å². The van der Waals surface area contributed by atoms with Gasteiger partial charge in [-0.2, -0.15) is 13.2 Å². The number of benzene rings is 2. The number of hydrogen-bond acceptors (Lipinski definition) is 4. The van der Waals surface area contributed by atoms with Crippen LogP contribution < -0.4 is 4.74 Å². The van der Waals surface area contributed by atoms with E-state index in [4.69, 9.17) is 14.3 Å². The average Bonchev–Trinajstić information content (AvgIpc) is 3.46. The predicted octanol–water partition coefficient (Wildman–Crippen LogP) is 6.22. The Kier molecular flexibility index (Phi) is 5.95. The Morgan fingerprint density at radius 3 is 2.45 bits per heavy atom. The summed E-state index contributed by atoms with van der Waals surface area (Å²) in [4.78, 5) is 15.6. The second kappa shape index (κ2) is 8.57. The molecule has 0 spiro atoms. The van der Waals surface area contributed by atoms with E-state index in [2.05, 4.69) is 4.98 Å². The predicted molar refractivity (Wildman–Crippen MR) is 115 cm³/mol. The number of carboxylic acids is 1. The van der Waals surface area contributed by atoms with E-state index in [1.54, 1.807) is 6.07 Å². The molecule has 3 aromatic rings. The molecule has 0 bridgehead atoms. The van der Waals surface area contributed by atoms with Gasteiger partial charge in [-0.25, -0.2) is 4.98 Å². The molecule has 0 saturated heterocycles. The standard InChI is InChI=1S/C25H24F3NO4/c1-24(2,14-33-21-11-15(12-22(30)31)3-10-19(21)16-4-5-16)23-29-20(13-32-23)17-6-8-18(9-7-17)25(26,27)28/h3,6-11,13,16H,4-5,12,14H2,1-2H3,(H,30,31). The van der Waals surface area contributed by atoms with Gasteiger partial charge in [0.25, 0.3) is 0 Å². The van der Waals surface area contributed by atoms with Crippen molar-refractivity contribution in [3.8, 4) is 17.0 Å². The lowest BCUT2D eigenvalue weighted by atomic mass is 9.94. The minimum atomic E-state index is -4.39. The number of alkyl halides is 3. The largest absolute Gasteiger partial charge is 0.492 e. The third-order valence-electron chi connectivity index (χ3n) is 5.63. The molecule has 0 atom stereocenters. The van der Waals surface area contributed by atoms with Gasteiger partial charge >= 0.3 is 12.1 Å². The normalized spacial score (nSPS) is 14.3. The zero-order valence-electron chi connectivity index (χ0n) is 18.3. The van der Waals surface area contributed by atoms with Gasteiger partial charge < -0.3 is 14.3 Å². The number of carbonyl (C=O) groups is 1. The Balaban J connectivity index is 1.50. The van der Waals surface area contributed by atoms with Crippen LogP contribution in [0.2, 0.25) is 0 Å². The van der Waals surface area contributed by atoms with E-state index in [0.29, 0.717) is 34.4 Å². The van der Waals surface area contributed by atoms with Crippen LogP contribution in [0.25, 0.3) is 11.3 Å². The third-order valence-corrected chi connectivity index (χ3v) is 5.63. The van der Waals surface area contributed by atoms with Crippen molar-refractivity contribution >= 4 is 5.97 Å². The van der Waals surface area contributed by atoms with Gasteiger partial charge in [-0.3, -0.25) is 4.79 Å². The van der Waals surface area contributed by atoms with E-state index in [1.807, 2.05) is 26.0 Å². The number of ether oxygens (including phenoxy) is 1. The molecular formula is C25H24F3NO4. The Bertz CT molecular complexity index is 1150. The van der Waals surface area contributed by atoms with Gasteiger partial charge in [-0.05, 0) is 61.9 Å². The van der Waals surface area contributed by atoms with Crippen LogP contribution in [0.1, 0.15) is 55.2 Å². The highest BCUT2D eigenvalue weighted by Crippen LogP contribution is 2.45. The first-order valence-corrected chi connectivity index (χ1v) is 10.6. The number of halogens is 3. The molecule has 1 aromatic heterocycles. The van der Waals surface area contributed by atoms with Crippen LogP contribution in [-0.2, 0) is 22.8 Å². The summed E-state index contributed by atoms with van der Waals surface area (Å²) in [6, 6.07) is 10.3. The van der Waals surface area contributed by atoms with Crippen molar-refractivity contribution in [2.45, 2.75) is 50.6 Å². The van der Waals surface area contributed by atoms with E-state index < -0.39 is 23.1 Å². The molecule has 174 valence electrons. The number of rotatable bonds is 8. The quantitative estimate of drug-likeness (QED) is 0.433. The summed E-state index contributed by atoms with van der Waals surface area (Å²) < 4.78 is 50.2. The molecule has 8 heteroatoms. The van der Waals surface area contributed by atoms with Crippen molar-refractivity contribution < 1.29 is 32.2 Å².